The summed E-state index contributed by atoms with van der Waals surface area (Å²) >= 11 is 1.51. The molecule has 1 aromatic rings. The zero-order chi connectivity index (χ0) is 13.0. The number of carbonyl (C=O) groups excluding carboxylic acids is 1. The SMILES string of the molecule is CCc1nc(N(CC(C)C)C(C)C)sc1C=O. The molecule has 96 valence electrons. The minimum absolute atomic E-state index is 0.410. The van der Waals surface area contributed by atoms with E-state index in [4.69, 9.17) is 0 Å². The quantitative estimate of drug-likeness (QED) is 0.730. The summed E-state index contributed by atoms with van der Waals surface area (Å²) in [4.78, 5) is 18.6. The summed E-state index contributed by atoms with van der Waals surface area (Å²) in [5, 5.41) is 0.979. The molecular weight excluding hydrogens is 232 g/mol. The van der Waals surface area contributed by atoms with Crippen LogP contribution < -0.4 is 4.90 Å². The Kier molecular flexibility index (Phi) is 5.12. The van der Waals surface area contributed by atoms with E-state index in [0.717, 1.165) is 35.0 Å². The first-order chi connectivity index (χ1) is 7.99. The predicted molar refractivity (Wildman–Crippen MR) is 74.2 cm³/mol. The Labute approximate surface area is 108 Å². The van der Waals surface area contributed by atoms with Crippen molar-refractivity contribution in [1.82, 2.24) is 4.98 Å². The van der Waals surface area contributed by atoms with E-state index in [-0.39, 0.29) is 0 Å². The van der Waals surface area contributed by atoms with Crippen molar-refractivity contribution in [1.29, 1.82) is 0 Å². The smallest absolute Gasteiger partial charge is 0.186 e. The van der Waals surface area contributed by atoms with Crippen molar-refractivity contribution in [2.75, 3.05) is 11.4 Å². The number of nitrogens with zero attached hydrogens (tertiary/aromatic N) is 2. The zero-order valence-electron chi connectivity index (χ0n) is 11.4. The van der Waals surface area contributed by atoms with Crippen LogP contribution in [0.3, 0.4) is 0 Å². The fourth-order valence-corrected chi connectivity index (χ4v) is 2.83. The van der Waals surface area contributed by atoms with Gasteiger partial charge < -0.3 is 4.90 Å². The first-order valence-electron chi connectivity index (χ1n) is 6.21. The molecule has 3 nitrogen and oxygen atoms in total. The Morgan fingerprint density at radius 1 is 1.35 bits per heavy atom. The highest BCUT2D eigenvalue weighted by atomic mass is 32.1. The van der Waals surface area contributed by atoms with E-state index >= 15 is 0 Å². The molecule has 0 spiro atoms. The summed E-state index contributed by atoms with van der Waals surface area (Å²) in [5.74, 6) is 0.589. The molecule has 1 heterocycles. The van der Waals surface area contributed by atoms with Gasteiger partial charge in [-0.2, -0.15) is 0 Å². The third-order valence-electron chi connectivity index (χ3n) is 2.59. The molecule has 0 unspecified atom stereocenters. The molecule has 0 bridgehead atoms. The van der Waals surface area contributed by atoms with Gasteiger partial charge in [-0.15, -0.1) is 0 Å². The summed E-state index contributed by atoms with van der Waals surface area (Å²) in [6, 6.07) is 0.410. The van der Waals surface area contributed by atoms with Gasteiger partial charge in [0.25, 0.3) is 0 Å². The fourth-order valence-electron chi connectivity index (χ4n) is 1.72. The molecule has 0 aliphatic heterocycles. The average molecular weight is 254 g/mol. The summed E-state index contributed by atoms with van der Waals surface area (Å²) in [6.07, 6.45) is 1.74. The van der Waals surface area contributed by atoms with E-state index in [1.54, 1.807) is 0 Å². The minimum atomic E-state index is 0.410. The van der Waals surface area contributed by atoms with Crippen LogP contribution >= 0.6 is 11.3 Å². The highest BCUT2D eigenvalue weighted by Crippen LogP contribution is 2.27. The molecule has 0 N–H and O–H groups in total. The van der Waals surface area contributed by atoms with Gasteiger partial charge in [-0.25, -0.2) is 4.98 Å². The second kappa shape index (κ2) is 6.15. The largest absolute Gasteiger partial charge is 0.345 e. The molecule has 0 fully saturated rings. The number of hydrogen-bond acceptors (Lipinski definition) is 4. The molecule has 0 saturated carbocycles. The molecule has 1 aromatic heterocycles. The first-order valence-corrected chi connectivity index (χ1v) is 7.02. The number of aromatic nitrogens is 1. The van der Waals surface area contributed by atoms with Crippen LogP contribution in [-0.2, 0) is 6.42 Å². The van der Waals surface area contributed by atoms with E-state index in [9.17, 15) is 4.79 Å². The minimum Gasteiger partial charge on any atom is -0.345 e. The van der Waals surface area contributed by atoms with Crippen LogP contribution in [0.15, 0.2) is 0 Å². The molecule has 0 aliphatic rings. The summed E-state index contributed by atoms with van der Waals surface area (Å²) in [7, 11) is 0. The summed E-state index contributed by atoms with van der Waals surface area (Å²) in [6.45, 7) is 11.7. The molecule has 0 amide bonds. The third kappa shape index (κ3) is 3.53. The zero-order valence-corrected chi connectivity index (χ0v) is 12.2. The van der Waals surface area contributed by atoms with Crippen molar-refractivity contribution in [2.45, 2.75) is 47.1 Å². The number of rotatable bonds is 6. The van der Waals surface area contributed by atoms with Gasteiger partial charge in [-0.3, -0.25) is 4.79 Å². The Hall–Kier alpha value is -0.900. The van der Waals surface area contributed by atoms with E-state index in [0.29, 0.717) is 12.0 Å². The molecule has 4 heteroatoms. The van der Waals surface area contributed by atoms with Gasteiger partial charge in [-0.1, -0.05) is 32.1 Å². The fraction of sp³-hybridized carbons (Fsp3) is 0.692. The topological polar surface area (TPSA) is 33.2 Å². The number of thiazole rings is 1. The van der Waals surface area contributed by atoms with E-state index in [2.05, 4.69) is 37.6 Å². The third-order valence-corrected chi connectivity index (χ3v) is 3.65. The maximum atomic E-state index is 11.0. The lowest BCUT2D eigenvalue weighted by molar-refractivity contribution is 0.112. The van der Waals surface area contributed by atoms with Crippen molar-refractivity contribution in [3.8, 4) is 0 Å². The van der Waals surface area contributed by atoms with Crippen molar-refractivity contribution in [3.05, 3.63) is 10.6 Å². The van der Waals surface area contributed by atoms with E-state index < -0.39 is 0 Å². The van der Waals surface area contributed by atoms with Gasteiger partial charge in [0, 0.05) is 12.6 Å². The molecule has 1 rings (SSSR count). The maximum absolute atomic E-state index is 11.0. The standard InChI is InChI=1S/C13H22N2OS/c1-6-11-12(8-16)17-13(14-11)15(10(4)5)7-9(2)3/h8-10H,6-7H2,1-5H3. The molecule has 0 atom stereocenters. The normalized spacial score (nSPS) is 11.2. The van der Waals surface area contributed by atoms with Crippen LogP contribution in [0.25, 0.3) is 0 Å². The lowest BCUT2D eigenvalue weighted by atomic mass is 10.2. The maximum Gasteiger partial charge on any atom is 0.186 e. The van der Waals surface area contributed by atoms with Gasteiger partial charge in [-0.05, 0) is 26.2 Å². The molecule has 17 heavy (non-hydrogen) atoms. The number of aldehydes is 1. The van der Waals surface area contributed by atoms with Crippen LogP contribution in [0.2, 0.25) is 0 Å². The Morgan fingerprint density at radius 3 is 2.35 bits per heavy atom. The summed E-state index contributed by atoms with van der Waals surface area (Å²) in [5.41, 5.74) is 0.925. The van der Waals surface area contributed by atoms with E-state index in [1.807, 2.05) is 6.92 Å². The molecule has 0 radical (unpaired) electrons. The van der Waals surface area contributed by atoms with Gasteiger partial charge in [0.15, 0.2) is 11.4 Å². The second-order valence-electron chi connectivity index (χ2n) is 4.92. The highest BCUT2D eigenvalue weighted by molar-refractivity contribution is 7.17. The second-order valence-corrected chi connectivity index (χ2v) is 5.93. The number of anilines is 1. The Bertz CT molecular complexity index is 371. The predicted octanol–water partition coefficient (Wildman–Crippen LogP) is 3.39. The number of aryl methyl sites for hydroxylation is 1. The first kappa shape index (κ1) is 14.2. The van der Waals surface area contributed by atoms with Crippen LogP contribution in [-0.4, -0.2) is 23.9 Å². The molecule has 0 saturated heterocycles. The summed E-state index contributed by atoms with van der Waals surface area (Å²) < 4.78 is 0. The number of hydrogen-bond donors (Lipinski definition) is 0. The van der Waals surface area contributed by atoms with Crippen LogP contribution in [0, 0.1) is 5.92 Å². The van der Waals surface area contributed by atoms with Crippen LogP contribution in [0.5, 0.6) is 0 Å². The lowest BCUT2D eigenvalue weighted by Crippen LogP contribution is -2.34. The van der Waals surface area contributed by atoms with E-state index in [1.165, 1.54) is 11.3 Å². The van der Waals surface area contributed by atoms with Gasteiger partial charge in [0.05, 0.1) is 10.6 Å². The average Bonchev–Trinajstić information content (AvgIpc) is 2.67. The molecular formula is C13H22N2OS. The molecule has 0 aliphatic carbocycles. The monoisotopic (exact) mass is 254 g/mol. The van der Waals surface area contributed by atoms with Gasteiger partial charge >= 0.3 is 0 Å². The van der Waals surface area contributed by atoms with Crippen molar-refractivity contribution < 1.29 is 4.79 Å². The van der Waals surface area contributed by atoms with Crippen molar-refractivity contribution >= 4 is 22.8 Å². The van der Waals surface area contributed by atoms with Crippen molar-refractivity contribution in [2.24, 2.45) is 5.92 Å². The van der Waals surface area contributed by atoms with Crippen LogP contribution in [0.1, 0.15) is 50.0 Å². The van der Waals surface area contributed by atoms with Crippen molar-refractivity contribution in [3.63, 3.8) is 0 Å². The Morgan fingerprint density at radius 2 is 2.00 bits per heavy atom. The molecule has 0 aromatic carbocycles. The number of carbonyl (C=O) groups is 1. The highest BCUT2D eigenvalue weighted by Gasteiger charge is 2.18. The van der Waals surface area contributed by atoms with Gasteiger partial charge in [0.1, 0.15) is 0 Å². The van der Waals surface area contributed by atoms with Crippen LogP contribution in [0.4, 0.5) is 5.13 Å². The van der Waals surface area contributed by atoms with Gasteiger partial charge in [0.2, 0.25) is 0 Å². The Balaban J connectivity index is 3.01. The lowest BCUT2D eigenvalue weighted by Gasteiger charge is -2.27.